The first-order valence-corrected chi connectivity index (χ1v) is 9.70. The number of aliphatic carboxylic acids is 1. The first kappa shape index (κ1) is 20.6. The van der Waals surface area contributed by atoms with Crippen LogP contribution in [-0.4, -0.2) is 62.0 Å². The molecule has 0 bridgehead atoms. The molecule has 1 aromatic rings. The third-order valence-electron chi connectivity index (χ3n) is 4.53. The summed E-state index contributed by atoms with van der Waals surface area (Å²) in [6.45, 7) is 1.81. The molecule has 1 N–H and O–H groups in total. The Morgan fingerprint density at radius 3 is 2.30 bits per heavy atom. The highest BCUT2D eigenvalue weighted by molar-refractivity contribution is 7.93. The molecule has 1 aromatic carbocycles. The molecule has 0 saturated carbocycles. The second kappa shape index (κ2) is 8.31. The first-order valence-electron chi connectivity index (χ1n) is 8.22. The van der Waals surface area contributed by atoms with Gasteiger partial charge in [0.1, 0.15) is 12.4 Å². The number of carbonyl (C=O) groups excluding carboxylic acids is 1. The minimum atomic E-state index is -4.18. The van der Waals surface area contributed by atoms with Crippen LogP contribution in [0.25, 0.3) is 0 Å². The van der Waals surface area contributed by atoms with Gasteiger partial charge < -0.3 is 19.5 Å². The Bertz CT molecular complexity index is 857. The number of likely N-dealkylation sites (tertiary alicyclic amines) is 1. The summed E-state index contributed by atoms with van der Waals surface area (Å²) in [5.41, 5.74) is 0. The third-order valence-corrected chi connectivity index (χ3v) is 7.03. The molecule has 0 atom stereocenters. The van der Waals surface area contributed by atoms with Crippen LogP contribution in [0.5, 0.6) is 5.75 Å². The fourth-order valence-corrected chi connectivity index (χ4v) is 4.80. The van der Waals surface area contributed by atoms with E-state index in [-0.39, 0.29) is 37.4 Å². The molecule has 1 heterocycles. The van der Waals surface area contributed by atoms with Crippen LogP contribution >= 0.6 is 0 Å². The van der Waals surface area contributed by atoms with Gasteiger partial charge in [-0.05, 0) is 44.0 Å². The minimum absolute atomic E-state index is 0.0188. The number of carboxylic acids is 1. The first-order chi connectivity index (χ1) is 12.8. The van der Waals surface area contributed by atoms with Crippen LogP contribution in [0.3, 0.4) is 0 Å². The van der Waals surface area contributed by atoms with Crippen LogP contribution in [0.15, 0.2) is 29.2 Å². The lowest BCUT2D eigenvalue weighted by Gasteiger charge is -2.37. The van der Waals surface area contributed by atoms with Crippen LogP contribution in [0.1, 0.15) is 19.8 Å². The number of nitrogens with zero attached hydrogens (tertiary/aromatic N) is 1. The maximum atomic E-state index is 13.1. The molecule has 8 nitrogen and oxygen atoms in total. The summed E-state index contributed by atoms with van der Waals surface area (Å²) in [5.74, 6) is 4.40. The Morgan fingerprint density at radius 2 is 1.81 bits per heavy atom. The van der Waals surface area contributed by atoms with Crippen molar-refractivity contribution in [2.24, 2.45) is 0 Å². The van der Waals surface area contributed by atoms with Crippen molar-refractivity contribution in [3.63, 3.8) is 0 Å². The van der Waals surface area contributed by atoms with Gasteiger partial charge in [-0.1, -0.05) is 5.92 Å². The number of hydrogen-bond acceptors (Lipinski definition) is 6. The zero-order chi connectivity index (χ0) is 20.1. The number of methoxy groups -OCH3 is 1. The van der Waals surface area contributed by atoms with Gasteiger partial charge in [-0.15, -0.1) is 5.92 Å². The van der Waals surface area contributed by atoms with Crippen molar-refractivity contribution < 1.29 is 32.6 Å². The van der Waals surface area contributed by atoms with E-state index in [2.05, 4.69) is 16.6 Å². The van der Waals surface area contributed by atoms with Crippen LogP contribution in [0, 0.1) is 11.8 Å². The normalized spacial score (nSPS) is 16.0. The van der Waals surface area contributed by atoms with Crippen LogP contribution in [0.4, 0.5) is 4.79 Å². The standard InChI is InChI=1S/C18H21NO7S/c1-3-4-13-26-14-5-7-15(8-6-14)27(23,24)18(16(20)21)9-11-19(12-10-18)17(22)25-2/h5-8H,9-13H2,1-2H3,(H,20,21). The minimum Gasteiger partial charge on any atom is -0.481 e. The van der Waals surface area contributed by atoms with Gasteiger partial charge >= 0.3 is 12.1 Å². The van der Waals surface area contributed by atoms with E-state index >= 15 is 0 Å². The van der Waals surface area contributed by atoms with E-state index in [0.717, 1.165) is 0 Å². The van der Waals surface area contributed by atoms with E-state index in [9.17, 15) is 23.1 Å². The number of carboxylic acid groups (broad SMARTS) is 1. The van der Waals surface area contributed by atoms with Gasteiger partial charge in [-0.3, -0.25) is 4.79 Å². The molecule has 0 aromatic heterocycles. The quantitative estimate of drug-likeness (QED) is 0.753. The second-order valence-corrected chi connectivity index (χ2v) is 8.21. The smallest absolute Gasteiger partial charge is 0.409 e. The summed E-state index contributed by atoms with van der Waals surface area (Å²) < 4.78 is 34.1. The van der Waals surface area contributed by atoms with Gasteiger partial charge in [-0.25, -0.2) is 13.2 Å². The molecule has 0 spiro atoms. The summed E-state index contributed by atoms with van der Waals surface area (Å²) in [5, 5.41) is 9.71. The molecular formula is C18H21NO7S. The second-order valence-electron chi connectivity index (χ2n) is 5.95. The van der Waals surface area contributed by atoms with Crippen molar-refractivity contribution in [1.82, 2.24) is 4.90 Å². The van der Waals surface area contributed by atoms with Crippen molar-refractivity contribution in [2.45, 2.75) is 29.4 Å². The Kier molecular flexibility index (Phi) is 6.33. The van der Waals surface area contributed by atoms with Crippen molar-refractivity contribution in [3.05, 3.63) is 24.3 Å². The van der Waals surface area contributed by atoms with Crippen LogP contribution < -0.4 is 4.74 Å². The molecule has 0 radical (unpaired) electrons. The van der Waals surface area contributed by atoms with Gasteiger partial charge in [0.05, 0.1) is 12.0 Å². The predicted octanol–water partition coefficient (Wildman–Crippen LogP) is 1.55. The zero-order valence-corrected chi connectivity index (χ0v) is 15.9. The van der Waals surface area contributed by atoms with Gasteiger partial charge in [0.15, 0.2) is 14.6 Å². The van der Waals surface area contributed by atoms with Gasteiger partial charge in [0.25, 0.3) is 0 Å². The molecule has 27 heavy (non-hydrogen) atoms. The fourth-order valence-electron chi connectivity index (χ4n) is 2.91. The summed E-state index contributed by atoms with van der Waals surface area (Å²) in [6.07, 6.45) is -1.04. The highest BCUT2D eigenvalue weighted by atomic mass is 32.2. The van der Waals surface area contributed by atoms with E-state index in [1.54, 1.807) is 6.92 Å². The predicted molar refractivity (Wildman–Crippen MR) is 96.2 cm³/mol. The van der Waals surface area contributed by atoms with Crippen molar-refractivity contribution in [3.8, 4) is 17.6 Å². The van der Waals surface area contributed by atoms with E-state index in [1.165, 1.54) is 36.3 Å². The van der Waals surface area contributed by atoms with Crippen LogP contribution in [-0.2, 0) is 19.4 Å². The Hall–Kier alpha value is -2.73. The summed E-state index contributed by atoms with van der Waals surface area (Å²) in [6, 6.07) is 5.57. The lowest BCUT2D eigenvalue weighted by Crippen LogP contribution is -2.55. The number of sulfone groups is 1. The number of benzene rings is 1. The number of ether oxygens (including phenoxy) is 2. The lowest BCUT2D eigenvalue weighted by atomic mass is 9.96. The molecule has 1 aliphatic heterocycles. The van der Waals surface area contributed by atoms with Crippen molar-refractivity contribution >= 4 is 21.9 Å². The molecular weight excluding hydrogens is 374 g/mol. The molecule has 1 amide bonds. The Morgan fingerprint density at radius 1 is 1.22 bits per heavy atom. The maximum absolute atomic E-state index is 13.1. The molecule has 2 rings (SSSR count). The molecule has 1 aliphatic rings. The van der Waals surface area contributed by atoms with Gasteiger partial charge in [0.2, 0.25) is 0 Å². The number of carbonyl (C=O) groups is 2. The Balaban J connectivity index is 2.27. The van der Waals surface area contributed by atoms with E-state index in [1.807, 2.05) is 0 Å². The summed E-state index contributed by atoms with van der Waals surface area (Å²) in [7, 11) is -2.97. The third kappa shape index (κ3) is 4.01. The molecule has 1 fully saturated rings. The topological polar surface area (TPSA) is 110 Å². The van der Waals surface area contributed by atoms with Crippen LogP contribution in [0.2, 0.25) is 0 Å². The van der Waals surface area contributed by atoms with Crippen molar-refractivity contribution in [2.75, 3.05) is 26.8 Å². The summed E-state index contributed by atoms with van der Waals surface area (Å²) >= 11 is 0. The molecule has 0 aliphatic carbocycles. The molecule has 1 saturated heterocycles. The molecule has 146 valence electrons. The maximum Gasteiger partial charge on any atom is 0.409 e. The molecule has 9 heteroatoms. The fraction of sp³-hybridized carbons (Fsp3) is 0.444. The summed E-state index contributed by atoms with van der Waals surface area (Å²) in [4.78, 5) is 24.7. The highest BCUT2D eigenvalue weighted by Gasteiger charge is 2.53. The highest BCUT2D eigenvalue weighted by Crippen LogP contribution is 2.36. The number of piperidine rings is 1. The molecule has 0 unspecified atom stereocenters. The largest absolute Gasteiger partial charge is 0.481 e. The number of hydrogen-bond donors (Lipinski definition) is 1. The average Bonchev–Trinajstić information content (AvgIpc) is 2.67. The monoisotopic (exact) mass is 395 g/mol. The van der Waals surface area contributed by atoms with Crippen molar-refractivity contribution in [1.29, 1.82) is 0 Å². The average molecular weight is 395 g/mol. The van der Waals surface area contributed by atoms with E-state index in [0.29, 0.717) is 5.75 Å². The SMILES string of the molecule is CC#CCOc1ccc(S(=O)(=O)C2(C(=O)O)CCN(C(=O)OC)CC2)cc1. The Labute approximate surface area is 158 Å². The van der Waals surface area contributed by atoms with Gasteiger partial charge in [0, 0.05) is 13.1 Å². The zero-order valence-electron chi connectivity index (χ0n) is 15.1. The van der Waals surface area contributed by atoms with E-state index < -0.39 is 26.6 Å². The number of amides is 1. The lowest BCUT2D eigenvalue weighted by molar-refractivity contribution is -0.141. The van der Waals surface area contributed by atoms with E-state index in [4.69, 9.17) is 4.74 Å². The number of rotatable bonds is 5. The van der Waals surface area contributed by atoms with Gasteiger partial charge in [-0.2, -0.15) is 0 Å².